The molecule has 0 spiro atoms. The molecule has 6 heteroatoms. The van der Waals surface area contributed by atoms with Crippen molar-refractivity contribution in [1.82, 2.24) is 5.43 Å². The number of carbonyl (C=O) groups is 1. The standard InChI is InChI=1S/C12H13N3O3/c1-3-13-14-12(16)9(2)8-10-4-6-11(7-5-10)15(17)18/h3-8H,1-2H3,(H,14,16)/b9-8+,13-3+. The van der Waals surface area contributed by atoms with Gasteiger partial charge in [0.25, 0.3) is 11.6 Å². The minimum atomic E-state index is -0.469. The first-order valence-corrected chi connectivity index (χ1v) is 5.25. The summed E-state index contributed by atoms with van der Waals surface area (Å²) in [5.74, 6) is -0.313. The Hall–Kier alpha value is -2.50. The van der Waals surface area contributed by atoms with E-state index in [1.807, 2.05) is 0 Å². The van der Waals surface area contributed by atoms with Gasteiger partial charge in [-0.3, -0.25) is 14.9 Å². The van der Waals surface area contributed by atoms with E-state index in [0.717, 1.165) is 0 Å². The van der Waals surface area contributed by atoms with E-state index >= 15 is 0 Å². The number of hydrogen-bond donors (Lipinski definition) is 1. The molecule has 0 saturated carbocycles. The molecule has 0 aliphatic carbocycles. The largest absolute Gasteiger partial charge is 0.269 e. The summed E-state index contributed by atoms with van der Waals surface area (Å²) in [7, 11) is 0. The normalized spacial score (nSPS) is 11.6. The Labute approximate surface area is 104 Å². The van der Waals surface area contributed by atoms with Crippen LogP contribution in [0.4, 0.5) is 5.69 Å². The Bertz CT molecular complexity index is 504. The molecular formula is C12H13N3O3. The second-order valence-corrected chi connectivity index (χ2v) is 3.50. The second kappa shape index (κ2) is 6.29. The zero-order valence-corrected chi connectivity index (χ0v) is 10.1. The molecule has 0 unspecified atom stereocenters. The first-order chi connectivity index (χ1) is 8.54. The summed E-state index contributed by atoms with van der Waals surface area (Å²) in [6.45, 7) is 3.33. The topological polar surface area (TPSA) is 84.6 Å². The third-order valence-corrected chi connectivity index (χ3v) is 2.14. The van der Waals surface area contributed by atoms with Crippen LogP contribution < -0.4 is 5.43 Å². The summed E-state index contributed by atoms with van der Waals surface area (Å²) in [6.07, 6.45) is 3.10. The maximum Gasteiger partial charge on any atom is 0.269 e. The summed E-state index contributed by atoms with van der Waals surface area (Å²) >= 11 is 0. The third-order valence-electron chi connectivity index (χ3n) is 2.14. The smallest absolute Gasteiger partial charge is 0.268 e. The molecule has 1 rings (SSSR count). The molecule has 1 aromatic carbocycles. The average molecular weight is 247 g/mol. The summed E-state index contributed by atoms with van der Waals surface area (Å²) in [6, 6.07) is 5.94. The van der Waals surface area contributed by atoms with Gasteiger partial charge in [-0.2, -0.15) is 5.10 Å². The number of rotatable bonds is 4. The average Bonchev–Trinajstić information content (AvgIpc) is 2.36. The number of hydrogen-bond acceptors (Lipinski definition) is 4. The Morgan fingerprint density at radius 1 is 1.39 bits per heavy atom. The molecule has 18 heavy (non-hydrogen) atoms. The van der Waals surface area contributed by atoms with Gasteiger partial charge < -0.3 is 0 Å². The molecule has 0 saturated heterocycles. The highest BCUT2D eigenvalue weighted by Crippen LogP contribution is 2.14. The molecule has 94 valence electrons. The molecule has 6 nitrogen and oxygen atoms in total. The van der Waals surface area contributed by atoms with Crippen LogP contribution in [-0.4, -0.2) is 17.0 Å². The van der Waals surface area contributed by atoms with Crippen LogP contribution in [0.1, 0.15) is 19.4 Å². The summed E-state index contributed by atoms with van der Waals surface area (Å²) in [5, 5.41) is 14.1. The van der Waals surface area contributed by atoms with Crippen molar-refractivity contribution in [2.24, 2.45) is 5.10 Å². The van der Waals surface area contributed by atoms with E-state index in [0.29, 0.717) is 11.1 Å². The van der Waals surface area contributed by atoms with E-state index < -0.39 is 4.92 Å². The lowest BCUT2D eigenvalue weighted by atomic mass is 10.1. The molecule has 0 radical (unpaired) electrons. The van der Waals surface area contributed by atoms with Gasteiger partial charge in [-0.25, -0.2) is 5.43 Å². The molecule has 0 fully saturated rings. The minimum absolute atomic E-state index is 0.0184. The monoisotopic (exact) mass is 247 g/mol. The summed E-state index contributed by atoms with van der Waals surface area (Å²) < 4.78 is 0. The van der Waals surface area contributed by atoms with E-state index in [1.165, 1.54) is 18.3 Å². The molecule has 1 aromatic rings. The lowest BCUT2D eigenvalue weighted by Gasteiger charge is -1.99. The Kier molecular flexibility index (Phi) is 4.74. The number of amides is 1. The highest BCUT2D eigenvalue weighted by Gasteiger charge is 2.05. The van der Waals surface area contributed by atoms with E-state index in [2.05, 4.69) is 10.5 Å². The Balaban J connectivity index is 2.82. The van der Waals surface area contributed by atoms with Crippen molar-refractivity contribution in [3.8, 4) is 0 Å². The molecule has 0 aliphatic heterocycles. The molecule has 0 heterocycles. The van der Waals surface area contributed by atoms with Gasteiger partial charge in [0.2, 0.25) is 0 Å². The highest BCUT2D eigenvalue weighted by molar-refractivity contribution is 5.97. The minimum Gasteiger partial charge on any atom is -0.268 e. The first kappa shape index (κ1) is 13.6. The van der Waals surface area contributed by atoms with Gasteiger partial charge in [0.15, 0.2) is 0 Å². The van der Waals surface area contributed by atoms with E-state index in [1.54, 1.807) is 32.1 Å². The van der Waals surface area contributed by atoms with Crippen molar-refractivity contribution in [2.75, 3.05) is 0 Å². The van der Waals surface area contributed by atoms with Crippen LogP contribution in [0.5, 0.6) is 0 Å². The Morgan fingerprint density at radius 2 is 2.00 bits per heavy atom. The maximum absolute atomic E-state index is 11.5. The van der Waals surface area contributed by atoms with Gasteiger partial charge in [-0.15, -0.1) is 0 Å². The molecule has 1 amide bonds. The van der Waals surface area contributed by atoms with E-state index in [-0.39, 0.29) is 11.6 Å². The predicted molar refractivity (Wildman–Crippen MR) is 69.1 cm³/mol. The lowest BCUT2D eigenvalue weighted by Crippen LogP contribution is -2.17. The van der Waals surface area contributed by atoms with E-state index in [4.69, 9.17) is 0 Å². The van der Waals surface area contributed by atoms with Crippen molar-refractivity contribution in [3.63, 3.8) is 0 Å². The summed E-state index contributed by atoms with van der Waals surface area (Å²) in [4.78, 5) is 21.5. The quantitative estimate of drug-likeness (QED) is 0.382. The lowest BCUT2D eigenvalue weighted by molar-refractivity contribution is -0.384. The first-order valence-electron chi connectivity index (χ1n) is 5.25. The van der Waals surface area contributed by atoms with Gasteiger partial charge in [0.1, 0.15) is 0 Å². The number of nitro groups is 1. The molecule has 0 aromatic heterocycles. The van der Waals surface area contributed by atoms with Crippen LogP contribution in [0, 0.1) is 10.1 Å². The number of nitrogens with zero attached hydrogens (tertiary/aromatic N) is 2. The number of nitro benzene ring substituents is 1. The number of hydrazone groups is 1. The van der Waals surface area contributed by atoms with Gasteiger partial charge in [-0.05, 0) is 37.6 Å². The molecule has 0 bridgehead atoms. The fraction of sp³-hybridized carbons (Fsp3) is 0.167. The predicted octanol–water partition coefficient (Wildman–Crippen LogP) is 2.12. The number of benzene rings is 1. The van der Waals surface area contributed by atoms with Crippen molar-refractivity contribution >= 4 is 23.9 Å². The molecule has 1 N–H and O–H groups in total. The second-order valence-electron chi connectivity index (χ2n) is 3.50. The molecular weight excluding hydrogens is 234 g/mol. The van der Waals surface area contributed by atoms with Crippen LogP contribution in [-0.2, 0) is 4.79 Å². The number of nitrogens with one attached hydrogen (secondary N) is 1. The van der Waals surface area contributed by atoms with Crippen LogP contribution in [0.15, 0.2) is 34.9 Å². The third kappa shape index (κ3) is 3.82. The molecule has 0 atom stereocenters. The highest BCUT2D eigenvalue weighted by atomic mass is 16.6. The molecule has 0 aliphatic rings. The summed E-state index contributed by atoms with van der Waals surface area (Å²) in [5.41, 5.74) is 3.54. The Morgan fingerprint density at radius 3 is 2.50 bits per heavy atom. The van der Waals surface area contributed by atoms with Gasteiger partial charge in [-0.1, -0.05) is 0 Å². The zero-order chi connectivity index (χ0) is 13.5. The number of non-ortho nitro benzene ring substituents is 1. The van der Waals surface area contributed by atoms with Crippen molar-refractivity contribution in [2.45, 2.75) is 13.8 Å². The number of carbonyl (C=O) groups excluding carboxylic acids is 1. The van der Waals surface area contributed by atoms with Crippen LogP contribution in [0.2, 0.25) is 0 Å². The SMILES string of the molecule is C/C=N/NC(=O)/C(C)=C/c1ccc([N+](=O)[O-])cc1. The maximum atomic E-state index is 11.5. The van der Waals surface area contributed by atoms with Crippen molar-refractivity contribution < 1.29 is 9.72 Å². The van der Waals surface area contributed by atoms with Gasteiger partial charge in [0, 0.05) is 23.9 Å². The van der Waals surface area contributed by atoms with Crippen LogP contribution in [0.3, 0.4) is 0 Å². The fourth-order valence-electron chi connectivity index (χ4n) is 1.22. The van der Waals surface area contributed by atoms with Gasteiger partial charge >= 0.3 is 0 Å². The van der Waals surface area contributed by atoms with Crippen molar-refractivity contribution in [1.29, 1.82) is 0 Å². The van der Waals surface area contributed by atoms with Crippen LogP contribution >= 0.6 is 0 Å². The van der Waals surface area contributed by atoms with Crippen LogP contribution in [0.25, 0.3) is 6.08 Å². The van der Waals surface area contributed by atoms with Crippen molar-refractivity contribution in [3.05, 3.63) is 45.5 Å². The van der Waals surface area contributed by atoms with Gasteiger partial charge in [0.05, 0.1) is 4.92 Å². The fourth-order valence-corrected chi connectivity index (χ4v) is 1.22. The zero-order valence-electron chi connectivity index (χ0n) is 10.1. The van der Waals surface area contributed by atoms with E-state index in [9.17, 15) is 14.9 Å².